The molecule has 0 spiro atoms. The van der Waals surface area contributed by atoms with Crippen LogP contribution in [-0.4, -0.2) is 25.2 Å². The maximum Gasteiger partial charge on any atom is 0.328 e. The SMILES string of the molecule is CC[C@@H](C)[C@H](NC(=O)Nc1ccc(Oc2ccccc2)cc1)C(=O)OC. The van der Waals surface area contributed by atoms with E-state index in [1.54, 1.807) is 24.3 Å². The number of ether oxygens (including phenoxy) is 2. The summed E-state index contributed by atoms with van der Waals surface area (Å²) in [5.41, 5.74) is 0.593. The molecule has 0 radical (unpaired) electrons. The molecule has 0 aliphatic heterocycles. The van der Waals surface area contributed by atoms with Gasteiger partial charge < -0.3 is 20.1 Å². The van der Waals surface area contributed by atoms with Gasteiger partial charge in [-0.05, 0) is 42.3 Å². The molecular formula is C20H24N2O4. The van der Waals surface area contributed by atoms with Gasteiger partial charge in [0.05, 0.1) is 7.11 Å². The molecule has 0 saturated heterocycles. The normalized spacial score (nSPS) is 12.6. The Labute approximate surface area is 153 Å². The summed E-state index contributed by atoms with van der Waals surface area (Å²) in [7, 11) is 1.31. The molecule has 6 nitrogen and oxygen atoms in total. The summed E-state index contributed by atoms with van der Waals surface area (Å²) in [6, 6.07) is 15.3. The highest BCUT2D eigenvalue weighted by molar-refractivity contribution is 5.92. The second-order valence-electron chi connectivity index (χ2n) is 5.92. The Balaban J connectivity index is 1.95. The van der Waals surface area contributed by atoms with Gasteiger partial charge in [-0.25, -0.2) is 9.59 Å². The Kier molecular flexibility index (Phi) is 7.02. The molecule has 2 amide bonds. The summed E-state index contributed by atoms with van der Waals surface area (Å²) in [5, 5.41) is 5.37. The number of hydrogen-bond acceptors (Lipinski definition) is 4. The van der Waals surface area contributed by atoms with Crippen molar-refractivity contribution in [2.24, 2.45) is 5.92 Å². The van der Waals surface area contributed by atoms with Crippen LogP contribution in [0.2, 0.25) is 0 Å². The summed E-state index contributed by atoms with van der Waals surface area (Å²) >= 11 is 0. The molecule has 2 atom stereocenters. The number of esters is 1. The van der Waals surface area contributed by atoms with Gasteiger partial charge in [0.15, 0.2) is 0 Å². The summed E-state index contributed by atoms with van der Waals surface area (Å²) in [6.45, 7) is 3.84. The molecular weight excluding hydrogens is 332 g/mol. The number of carbonyl (C=O) groups excluding carboxylic acids is 2. The highest BCUT2D eigenvalue weighted by atomic mass is 16.5. The third kappa shape index (κ3) is 5.51. The topological polar surface area (TPSA) is 76.7 Å². The van der Waals surface area contributed by atoms with Crippen molar-refractivity contribution >= 4 is 17.7 Å². The van der Waals surface area contributed by atoms with Crippen LogP contribution in [0.25, 0.3) is 0 Å². The number of para-hydroxylation sites is 1. The van der Waals surface area contributed by atoms with Gasteiger partial charge in [-0.1, -0.05) is 38.5 Å². The zero-order valence-corrected chi connectivity index (χ0v) is 15.2. The van der Waals surface area contributed by atoms with Crippen molar-refractivity contribution < 1.29 is 19.1 Å². The number of nitrogens with one attached hydrogen (secondary N) is 2. The first-order valence-electron chi connectivity index (χ1n) is 8.51. The highest BCUT2D eigenvalue weighted by Gasteiger charge is 2.26. The maximum absolute atomic E-state index is 12.2. The number of rotatable bonds is 7. The van der Waals surface area contributed by atoms with Gasteiger partial charge >= 0.3 is 12.0 Å². The highest BCUT2D eigenvalue weighted by Crippen LogP contribution is 2.22. The summed E-state index contributed by atoms with van der Waals surface area (Å²) in [6.07, 6.45) is 0.742. The number of anilines is 1. The molecule has 2 aromatic carbocycles. The lowest BCUT2D eigenvalue weighted by Gasteiger charge is -2.22. The Bertz CT molecular complexity index is 716. The Morgan fingerprint density at radius 2 is 1.62 bits per heavy atom. The van der Waals surface area contributed by atoms with E-state index in [9.17, 15) is 9.59 Å². The van der Waals surface area contributed by atoms with Crippen LogP contribution in [0.15, 0.2) is 54.6 Å². The molecule has 2 aromatic rings. The largest absolute Gasteiger partial charge is 0.467 e. The van der Waals surface area contributed by atoms with Gasteiger partial charge in [0, 0.05) is 5.69 Å². The number of benzene rings is 2. The van der Waals surface area contributed by atoms with Crippen molar-refractivity contribution in [1.29, 1.82) is 0 Å². The molecule has 0 aliphatic carbocycles. The van der Waals surface area contributed by atoms with Gasteiger partial charge in [0.25, 0.3) is 0 Å². The van der Waals surface area contributed by atoms with Crippen molar-refractivity contribution in [2.45, 2.75) is 26.3 Å². The van der Waals surface area contributed by atoms with Gasteiger partial charge in [0.1, 0.15) is 17.5 Å². The summed E-state index contributed by atoms with van der Waals surface area (Å²) < 4.78 is 10.5. The van der Waals surface area contributed by atoms with Crippen molar-refractivity contribution in [3.8, 4) is 11.5 Å². The molecule has 0 heterocycles. The quantitative estimate of drug-likeness (QED) is 0.730. The zero-order chi connectivity index (χ0) is 18.9. The number of amides is 2. The fraction of sp³-hybridized carbons (Fsp3) is 0.300. The predicted octanol–water partition coefficient (Wildman–Crippen LogP) is 4.19. The minimum absolute atomic E-state index is 0.0325. The van der Waals surface area contributed by atoms with E-state index >= 15 is 0 Å². The van der Waals surface area contributed by atoms with E-state index in [2.05, 4.69) is 10.6 Å². The lowest BCUT2D eigenvalue weighted by Crippen LogP contribution is -2.47. The van der Waals surface area contributed by atoms with Crippen LogP contribution in [0.4, 0.5) is 10.5 Å². The van der Waals surface area contributed by atoms with Crippen molar-refractivity contribution in [1.82, 2.24) is 5.32 Å². The second-order valence-corrected chi connectivity index (χ2v) is 5.92. The molecule has 0 aliphatic rings. The van der Waals surface area contributed by atoms with Crippen LogP contribution in [0.5, 0.6) is 11.5 Å². The minimum atomic E-state index is -0.689. The van der Waals surface area contributed by atoms with Gasteiger partial charge in [0.2, 0.25) is 0 Å². The molecule has 6 heteroatoms. The molecule has 0 fully saturated rings. The zero-order valence-electron chi connectivity index (χ0n) is 15.2. The smallest absolute Gasteiger partial charge is 0.328 e. The average molecular weight is 356 g/mol. The summed E-state index contributed by atoms with van der Waals surface area (Å²) in [5.74, 6) is 0.908. The Hall–Kier alpha value is -3.02. The molecule has 26 heavy (non-hydrogen) atoms. The van der Waals surface area contributed by atoms with E-state index in [0.29, 0.717) is 11.4 Å². The lowest BCUT2D eigenvalue weighted by molar-refractivity contribution is -0.144. The lowest BCUT2D eigenvalue weighted by atomic mass is 9.99. The van der Waals surface area contributed by atoms with Crippen LogP contribution in [0.1, 0.15) is 20.3 Å². The average Bonchev–Trinajstić information content (AvgIpc) is 2.67. The van der Waals surface area contributed by atoms with Crippen LogP contribution < -0.4 is 15.4 Å². The fourth-order valence-corrected chi connectivity index (χ4v) is 2.34. The van der Waals surface area contributed by atoms with E-state index in [-0.39, 0.29) is 5.92 Å². The molecule has 2 rings (SSSR count). The van der Waals surface area contributed by atoms with E-state index in [0.717, 1.165) is 12.2 Å². The molecule has 138 valence electrons. The van der Waals surface area contributed by atoms with E-state index in [4.69, 9.17) is 9.47 Å². The molecule has 0 unspecified atom stereocenters. The molecule has 0 bridgehead atoms. The van der Waals surface area contributed by atoms with Crippen molar-refractivity contribution in [2.75, 3.05) is 12.4 Å². The second kappa shape index (κ2) is 9.46. The predicted molar refractivity (Wildman–Crippen MR) is 100 cm³/mol. The number of methoxy groups -OCH3 is 1. The third-order valence-electron chi connectivity index (χ3n) is 4.05. The first-order chi connectivity index (χ1) is 12.5. The monoisotopic (exact) mass is 356 g/mol. The first-order valence-corrected chi connectivity index (χ1v) is 8.51. The van der Waals surface area contributed by atoms with Crippen molar-refractivity contribution in [3.05, 3.63) is 54.6 Å². The van der Waals surface area contributed by atoms with E-state index in [1.807, 2.05) is 44.2 Å². The van der Waals surface area contributed by atoms with E-state index < -0.39 is 18.0 Å². The van der Waals surface area contributed by atoms with Gasteiger partial charge in [-0.3, -0.25) is 0 Å². The van der Waals surface area contributed by atoms with Crippen LogP contribution >= 0.6 is 0 Å². The van der Waals surface area contributed by atoms with Gasteiger partial charge in [-0.2, -0.15) is 0 Å². The first kappa shape index (κ1) is 19.3. The molecule has 2 N–H and O–H groups in total. The van der Waals surface area contributed by atoms with Crippen LogP contribution in [0.3, 0.4) is 0 Å². The van der Waals surface area contributed by atoms with Gasteiger partial charge in [-0.15, -0.1) is 0 Å². The minimum Gasteiger partial charge on any atom is -0.467 e. The van der Waals surface area contributed by atoms with E-state index in [1.165, 1.54) is 7.11 Å². The third-order valence-corrected chi connectivity index (χ3v) is 4.05. The van der Waals surface area contributed by atoms with Crippen molar-refractivity contribution in [3.63, 3.8) is 0 Å². The number of carbonyl (C=O) groups is 2. The fourth-order valence-electron chi connectivity index (χ4n) is 2.34. The number of hydrogen-bond donors (Lipinski definition) is 2. The van der Waals surface area contributed by atoms with Crippen LogP contribution in [0, 0.1) is 5.92 Å². The maximum atomic E-state index is 12.2. The Morgan fingerprint density at radius 3 is 2.19 bits per heavy atom. The molecule has 0 saturated carbocycles. The standard InChI is InChI=1S/C20H24N2O4/c1-4-14(2)18(19(23)25-3)22-20(24)21-15-10-12-17(13-11-15)26-16-8-6-5-7-9-16/h5-14,18H,4H2,1-3H3,(H2,21,22,24)/t14-,18+/m1/s1. The number of urea groups is 1. The summed E-state index contributed by atoms with van der Waals surface area (Å²) in [4.78, 5) is 24.0. The molecule has 0 aromatic heterocycles. The van der Waals surface area contributed by atoms with Crippen LogP contribution in [-0.2, 0) is 9.53 Å². The Morgan fingerprint density at radius 1 is 1.00 bits per heavy atom.